The lowest BCUT2D eigenvalue weighted by molar-refractivity contribution is -0.384. The number of rotatable bonds is 5. The van der Waals surface area contributed by atoms with Crippen LogP contribution in [-0.4, -0.2) is 66.9 Å². The molecule has 3 heterocycles. The van der Waals surface area contributed by atoms with Gasteiger partial charge in [-0.05, 0) is 37.1 Å². The van der Waals surface area contributed by atoms with Crippen LogP contribution in [0.15, 0.2) is 48.5 Å². The number of nitro groups is 1. The number of carbonyl (C=O) groups excluding carboxylic acids is 2. The summed E-state index contributed by atoms with van der Waals surface area (Å²) in [5.74, 6) is 0.0151. The summed E-state index contributed by atoms with van der Waals surface area (Å²) in [4.78, 5) is 44.6. The molecule has 0 aliphatic carbocycles. The molecule has 0 N–H and O–H groups in total. The van der Waals surface area contributed by atoms with E-state index in [1.807, 2.05) is 28.0 Å². The molecule has 1 atom stereocenters. The average molecular weight is 464 g/mol. The van der Waals surface area contributed by atoms with Crippen LogP contribution in [0.1, 0.15) is 25.7 Å². The van der Waals surface area contributed by atoms with Gasteiger partial charge in [-0.15, -0.1) is 0 Å². The average Bonchev–Trinajstić information content (AvgIpc) is 3.36. The molecule has 178 valence electrons. The van der Waals surface area contributed by atoms with Gasteiger partial charge < -0.3 is 19.6 Å². The minimum absolute atomic E-state index is 0.00415. The molecule has 2 amide bonds. The third-order valence-electron chi connectivity index (χ3n) is 7.16. The van der Waals surface area contributed by atoms with Crippen molar-refractivity contribution in [3.05, 3.63) is 58.6 Å². The zero-order chi connectivity index (χ0) is 23.7. The quantitative estimate of drug-likeness (QED) is 0.500. The molecule has 3 aliphatic heterocycles. The minimum atomic E-state index is -0.409. The van der Waals surface area contributed by atoms with Gasteiger partial charge in [0.25, 0.3) is 5.69 Å². The number of para-hydroxylation sites is 2. The first-order valence-corrected chi connectivity index (χ1v) is 11.9. The predicted molar refractivity (Wildman–Crippen MR) is 130 cm³/mol. The van der Waals surface area contributed by atoms with Gasteiger partial charge in [0.1, 0.15) is 0 Å². The first kappa shape index (κ1) is 22.2. The van der Waals surface area contributed by atoms with Gasteiger partial charge in [-0.3, -0.25) is 19.7 Å². The Morgan fingerprint density at radius 1 is 0.882 bits per heavy atom. The van der Waals surface area contributed by atoms with Crippen LogP contribution >= 0.6 is 0 Å². The molecule has 2 fully saturated rings. The normalized spacial score (nSPS) is 19.6. The van der Waals surface area contributed by atoms with E-state index in [9.17, 15) is 19.7 Å². The Labute approximate surface area is 198 Å². The number of carbonyl (C=O) groups is 2. The molecule has 0 aromatic heterocycles. The number of anilines is 3. The van der Waals surface area contributed by atoms with Crippen molar-refractivity contribution in [2.45, 2.75) is 31.7 Å². The zero-order valence-electron chi connectivity index (χ0n) is 19.1. The van der Waals surface area contributed by atoms with Gasteiger partial charge in [0.2, 0.25) is 11.8 Å². The fraction of sp³-hybridized carbons (Fsp3) is 0.440. The maximum atomic E-state index is 13.1. The van der Waals surface area contributed by atoms with E-state index in [2.05, 4.69) is 15.9 Å². The van der Waals surface area contributed by atoms with Crippen LogP contribution in [0.3, 0.4) is 0 Å². The number of hydrogen-bond acceptors (Lipinski definition) is 6. The van der Waals surface area contributed by atoms with Gasteiger partial charge in [-0.2, -0.15) is 0 Å². The number of non-ortho nitro benzene ring substituents is 1. The molecule has 2 saturated heterocycles. The van der Waals surface area contributed by atoms with Gasteiger partial charge >= 0.3 is 0 Å². The molecular formula is C25H29N5O4. The van der Waals surface area contributed by atoms with E-state index in [4.69, 9.17) is 0 Å². The molecule has 2 aromatic carbocycles. The van der Waals surface area contributed by atoms with Gasteiger partial charge in [0, 0.05) is 76.0 Å². The summed E-state index contributed by atoms with van der Waals surface area (Å²) in [6, 6.07) is 14.9. The van der Waals surface area contributed by atoms with Crippen molar-refractivity contribution in [3.63, 3.8) is 0 Å². The highest BCUT2D eigenvalue weighted by molar-refractivity contribution is 5.99. The Bertz CT molecular complexity index is 1080. The summed E-state index contributed by atoms with van der Waals surface area (Å²) < 4.78 is 0. The smallest absolute Gasteiger partial charge is 0.269 e. The predicted octanol–water partition coefficient (Wildman–Crippen LogP) is 3.04. The van der Waals surface area contributed by atoms with Crippen molar-refractivity contribution in [2.75, 3.05) is 54.0 Å². The zero-order valence-corrected chi connectivity index (χ0v) is 19.1. The highest BCUT2D eigenvalue weighted by Gasteiger charge is 2.36. The van der Waals surface area contributed by atoms with Crippen molar-refractivity contribution < 1.29 is 14.5 Å². The van der Waals surface area contributed by atoms with Crippen LogP contribution < -0.4 is 14.7 Å². The summed E-state index contributed by atoms with van der Waals surface area (Å²) in [6.45, 7) is 4.20. The van der Waals surface area contributed by atoms with E-state index in [0.717, 1.165) is 36.4 Å². The van der Waals surface area contributed by atoms with E-state index in [-0.39, 0.29) is 30.3 Å². The Balaban J connectivity index is 1.14. The molecule has 0 bridgehead atoms. The molecule has 5 rings (SSSR count). The van der Waals surface area contributed by atoms with Crippen LogP contribution in [0, 0.1) is 10.1 Å². The van der Waals surface area contributed by atoms with Crippen LogP contribution in [-0.2, 0) is 9.59 Å². The molecule has 0 spiro atoms. The third-order valence-corrected chi connectivity index (χ3v) is 7.16. The molecule has 9 nitrogen and oxygen atoms in total. The van der Waals surface area contributed by atoms with Crippen LogP contribution in [0.4, 0.5) is 22.7 Å². The van der Waals surface area contributed by atoms with Gasteiger partial charge in [0.05, 0.1) is 16.3 Å². The van der Waals surface area contributed by atoms with Crippen molar-refractivity contribution in [3.8, 4) is 0 Å². The number of amides is 2. The van der Waals surface area contributed by atoms with Crippen LogP contribution in [0.5, 0.6) is 0 Å². The first-order valence-electron chi connectivity index (χ1n) is 11.9. The number of hydrogen-bond donors (Lipinski definition) is 0. The first-order chi connectivity index (χ1) is 16.5. The highest BCUT2D eigenvalue weighted by Crippen LogP contribution is 2.39. The lowest BCUT2D eigenvalue weighted by Crippen LogP contribution is -2.50. The largest absolute Gasteiger partial charge is 0.368 e. The molecule has 34 heavy (non-hydrogen) atoms. The molecule has 2 aromatic rings. The molecule has 1 unspecified atom stereocenters. The molecule has 3 aliphatic rings. The van der Waals surface area contributed by atoms with Crippen molar-refractivity contribution in [1.29, 1.82) is 0 Å². The van der Waals surface area contributed by atoms with E-state index in [0.29, 0.717) is 38.8 Å². The Kier molecular flexibility index (Phi) is 6.08. The van der Waals surface area contributed by atoms with Gasteiger partial charge in [-0.25, -0.2) is 0 Å². The second kappa shape index (κ2) is 9.32. The lowest BCUT2D eigenvalue weighted by Gasteiger charge is -2.40. The maximum absolute atomic E-state index is 13.1. The van der Waals surface area contributed by atoms with Gasteiger partial charge in [-0.1, -0.05) is 12.1 Å². The van der Waals surface area contributed by atoms with Crippen LogP contribution in [0.25, 0.3) is 0 Å². The topological polar surface area (TPSA) is 90.2 Å². The van der Waals surface area contributed by atoms with Crippen molar-refractivity contribution in [2.24, 2.45) is 0 Å². The second-order valence-electron chi connectivity index (χ2n) is 9.12. The van der Waals surface area contributed by atoms with E-state index in [1.54, 1.807) is 12.1 Å². The number of nitrogens with zero attached hydrogens (tertiary/aromatic N) is 5. The van der Waals surface area contributed by atoms with Gasteiger partial charge in [0.15, 0.2) is 0 Å². The van der Waals surface area contributed by atoms with Crippen molar-refractivity contribution >= 4 is 34.6 Å². The fourth-order valence-electron chi connectivity index (χ4n) is 5.33. The minimum Gasteiger partial charge on any atom is -0.368 e. The third kappa shape index (κ3) is 4.30. The lowest BCUT2D eigenvalue weighted by atomic mass is 10.1. The van der Waals surface area contributed by atoms with Crippen LogP contribution in [0.2, 0.25) is 0 Å². The molecular weight excluding hydrogens is 434 g/mol. The molecule has 0 radical (unpaired) electrons. The summed E-state index contributed by atoms with van der Waals surface area (Å²) in [5, 5.41) is 10.8. The number of piperazine rings is 1. The number of nitro benzene ring substituents is 1. The Morgan fingerprint density at radius 2 is 1.56 bits per heavy atom. The van der Waals surface area contributed by atoms with E-state index < -0.39 is 4.92 Å². The Hall–Kier alpha value is -3.62. The fourth-order valence-corrected chi connectivity index (χ4v) is 5.33. The van der Waals surface area contributed by atoms with E-state index in [1.165, 1.54) is 12.1 Å². The standard InChI is InChI=1S/C25H29N5O4/c31-24(27-16-14-26(15-17-27)19-7-9-20(10-8-19)30(33)34)11-12-25(32)29-18-21-4-3-13-28(21)22-5-1-2-6-23(22)29/h1-2,5-10,21H,3-4,11-18H2. The SMILES string of the molecule is O=C(CCC(=O)N1CC2CCCN2c2ccccc21)N1CCN(c2ccc([N+](=O)[O-])cc2)CC1. The summed E-state index contributed by atoms with van der Waals surface area (Å²) in [7, 11) is 0. The van der Waals surface area contributed by atoms with E-state index >= 15 is 0 Å². The summed E-state index contributed by atoms with van der Waals surface area (Å²) in [5.41, 5.74) is 3.06. The number of benzene rings is 2. The van der Waals surface area contributed by atoms with Crippen molar-refractivity contribution in [1.82, 2.24) is 4.90 Å². The molecule has 9 heteroatoms. The Morgan fingerprint density at radius 3 is 2.26 bits per heavy atom. The maximum Gasteiger partial charge on any atom is 0.269 e. The number of fused-ring (bicyclic) bond motifs is 3. The summed E-state index contributed by atoms with van der Waals surface area (Å²) in [6.07, 6.45) is 2.66. The summed E-state index contributed by atoms with van der Waals surface area (Å²) >= 11 is 0. The highest BCUT2D eigenvalue weighted by atomic mass is 16.6. The second-order valence-corrected chi connectivity index (χ2v) is 9.12. The molecule has 0 saturated carbocycles. The monoisotopic (exact) mass is 463 g/mol.